The average Bonchev–Trinajstić information content (AvgIpc) is 3.38. The zero-order valence-corrected chi connectivity index (χ0v) is 13.7. The lowest BCUT2D eigenvalue weighted by Gasteiger charge is -2.40. The van der Waals surface area contributed by atoms with Crippen molar-refractivity contribution in [2.75, 3.05) is 19.6 Å². The number of nitrogens with zero attached hydrogens (tertiary/aromatic N) is 2. The molecule has 2 unspecified atom stereocenters. The molecule has 0 spiro atoms. The third-order valence-corrected chi connectivity index (χ3v) is 5.34. The highest BCUT2D eigenvalue weighted by Crippen LogP contribution is 2.26. The largest absolute Gasteiger partial charge is 0.339 e. The van der Waals surface area contributed by atoms with Crippen molar-refractivity contribution in [1.82, 2.24) is 15.1 Å². The van der Waals surface area contributed by atoms with Gasteiger partial charge in [-0.05, 0) is 51.4 Å². The smallest absolute Gasteiger partial charge is 0.317 e. The van der Waals surface area contributed by atoms with Gasteiger partial charge in [0, 0.05) is 31.7 Å². The minimum Gasteiger partial charge on any atom is -0.339 e. The van der Waals surface area contributed by atoms with Crippen LogP contribution in [0.2, 0.25) is 0 Å². The van der Waals surface area contributed by atoms with E-state index in [4.69, 9.17) is 0 Å². The summed E-state index contributed by atoms with van der Waals surface area (Å²) in [6, 6.07) is 0.831. The van der Waals surface area contributed by atoms with Gasteiger partial charge in [-0.25, -0.2) is 4.79 Å². The first-order valence-electron chi connectivity index (χ1n) is 9.05. The van der Waals surface area contributed by atoms with Crippen molar-refractivity contribution in [3.8, 4) is 0 Å². The predicted octanol–water partition coefficient (Wildman–Crippen LogP) is 2.36. The van der Waals surface area contributed by atoms with Crippen LogP contribution in [0.3, 0.4) is 0 Å². The molecule has 0 radical (unpaired) electrons. The molecule has 0 bridgehead atoms. The van der Waals surface area contributed by atoms with Gasteiger partial charge >= 0.3 is 6.03 Å². The van der Waals surface area contributed by atoms with Crippen molar-refractivity contribution in [2.24, 2.45) is 5.92 Å². The van der Waals surface area contributed by atoms with Gasteiger partial charge in [-0.2, -0.15) is 0 Å². The SMILES string of the molecule is CCC1CCCCN1C(=O)C1CCCN(C(=O)NC2CC2)C1. The molecule has 2 heterocycles. The second-order valence-corrected chi connectivity index (χ2v) is 7.10. The Labute approximate surface area is 133 Å². The number of urea groups is 1. The number of likely N-dealkylation sites (tertiary alicyclic amines) is 2. The van der Waals surface area contributed by atoms with Crippen LogP contribution in [0.4, 0.5) is 4.79 Å². The maximum atomic E-state index is 12.9. The van der Waals surface area contributed by atoms with Crippen molar-refractivity contribution in [1.29, 1.82) is 0 Å². The Morgan fingerprint density at radius 3 is 2.59 bits per heavy atom. The van der Waals surface area contributed by atoms with E-state index < -0.39 is 0 Å². The van der Waals surface area contributed by atoms with Gasteiger partial charge in [-0.1, -0.05) is 6.92 Å². The molecule has 3 fully saturated rings. The molecule has 124 valence electrons. The van der Waals surface area contributed by atoms with Crippen LogP contribution < -0.4 is 5.32 Å². The molecule has 3 aliphatic rings. The molecule has 1 aliphatic carbocycles. The van der Waals surface area contributed by atoms with E-state index in [2.05, 4.69) is 17.1 Å². The van der Waals surface area contributed by atoms with Gasteiger partial charge in [0.2, 0.25) is 5.91 Å². The van der Waals surface area contributed by atoms with Gasteiger partial charge in [-0.15, -0.1) is 0 Å². The lowest BCUT2D eigenvalue weighted by atomic mass is 9.93. The maximum Gasteiger partial charge on any atom is 0.317 e. The second-order valence-electron chi connectivity index (χ2n) is 7.10. The molecule has 2 atom stereocenters. The zero-order valence-electron chi connectivity index (χ0n) is 13.7. The van der Waals surface area contributed by atoms with Gasteiger partial charge in [0.25, 0.3) is 0 Å². The van der Waals surface area contributed by atoms with Crippen molar-refractivity contribution in [3.05, 3.63) is 0 Å². The zero-order chi connectivity index (χ0) is 15.5. The first kappa shape index (κ1) is 15.6. The Bertz CT molecular complexity index is 422. The van der Waals surface area contributed by atoms with E-state index in [9.17, 15) is 9.59 Å². The van der Waals surface area contributed by atoms with E-state index in [0.29, 0.717) is 18.6 Å². The lowest BCUT2D eigenvalue weighted by Crippen LogP contribution is -2.52. The fourth-order valence-electron chi connectivity index (χ4n) is 3.81. The molecule has 3 rings (SSSR count). The summed E-state index contributed by atoms with van der Waals surface area (Å²) in [7, 11) is 0. The Morgan fingerprint density at radius 2 is 1.86 bits per heavy atom. The van der Waals surface area contributed by atoms with Gasteiger partial charge < -0.3 is 15.1 Å². The fraction of sp³-hybridized carbons (Fsp3) is 0.882. The molecule has 0 aromatic heterocycles. The molecule has 0 aromatic carbocycles. The number of amides is 3. The number of hydrogen-bond donors (Lipinski definition) is 1. The standard InChI is InChI=1S/C17H29N3O2/c1-2-15-7-3-4-11-20(15)16(21)13-6-5-10-19(12-13)17(22)18-14-8-9-14/h13-15H,2-12H2,1H3,(H,18,22). The number of carbonyl (C=O) groups excluding carboxylic acids is 2. The van der Waals surface area contributed by atoms with Gasteiger partial charge in [0.05, 0.1) is 5.92 Å². The first-order valence-corrected chi connectivity index (χ1v) is 9.05. The molecule has 22 heavy (non-hydrogen) atoms. The Kier molecular flexibility index (Phi) is 4.89. The molecule has 2 aliphatic heterocycles. The summed E-state index contributed by atoms with van der Waals surface area (Å²) < 4.78 is 0. The quantitative estimate of drug-likeness (QED) is 0.870. The molecule has 3 amide bonds. The van der Waals surface area contributed by atoms with E-state index in [1.807, 2.05) is 4.90 Å². The summed E-state index contributed by atoms with van der Waals surface area (Å²) >= 11 is 0. The van der Waals surface area contributed by atoms with Crippen LogP contribution in [0.5, 0.6) is 0 Å². The summed E-state index contributed by atoms with van der Waals surface area (Å²) in [6.07, 6.45) is 8.63. The Balaban J connectivity index is 1.58. The highest BCUT2D eigenvalue weighted by molar-refractivity contribution is 5.81. The van der Waals surface area contributed by atoms with E-state index in [1.54, 1.807) is 0 Å². The molecule has 1 N–H and O–H groups in total. The summed E-state index contributed by atoms with van der Waals surface area (Å²) in [5.41, 5.74) is 0. The van der Waals surface area contributed by atoms with Crippen LogP contribution >= 0.6 is 0 Å². The highest BCUT2D eigenvalue weighted by atomic mass is 16.2. The van der Waals surface area contributed by atoms with Crippen LogP contribution in [0.15, 0.2) is 0 Å². The van der Waals surface area contributed by atoms with Crippen LogP contribution in [0.1, 0.15) is 58.3 Å². The topological polar surface area (TPSA) is 52.7 Å². The summed E-state index contributed by atoms with van der Waals surface area (Å²) in [5, 5.41) is 3.04. The molecule has 0 aromatic rings. The molecule has 5 nitrogen and oxygen atoms in total. The first-order chi connectivity index (χ1) is 10.7. The molecule has 5 heteroatoms. The molecule has 1 saturated carbocycles. The lowest BCUT2D eigenvalue weighted by molar-refractivity contribution is -0.140. The molecular formula is C17H29N3O2. The van der Waals surface area contributed by atoms with Crippen LogP contribution in [0.25, 0.3) is 0 Å². The summed E-state index contributed by atoms with van der Waals surface area (Å²) in [4.78, 5) is 29.1. The third-order valence-electron chi connectivity index (χ3n) is 5.34. The third kappa shape index (κ3) is 3.55. The normalized spacial score (nSPS) is 29.3. The maximum absolute atomic E-state index is 12.9. The van der Waals surface area contributed by atoms with Crippen molar-refractivity contribution >= 4 is 11.9 Å². The van der Waals surface area contributed by atoms with Gasteiger partial charge in [-0.3, -0.25) is 4.79 Å². The van der Waals surface area contributed by atoms with Crippen LogP contribution in [-0.2, 0) is 4.79 Å². The highest BCUT2D eigenvalue weighted by Gasteiger charge is 2.35. The van der Waals surface area contributed by atoms with E-state index in [1.165, 1.54) is 6.42 Å². The fourth-order valence-corrected chi connectivity index (χ4v) is 3.81. The van der Waals surface area contributed by atoms with Crippen molar-refractivity contribution in [3.63, 3.8) is 0 Å². The second kappa shape index (κ2) is 6.88. The number of piperidine rings is 2. The summed E-state index contributed by atoms with van der Waals surface area (Å²) in [5.74, 6) is 0.293. The number of nitrogens with one attached hydrogen (secondary N) is 1. The molecular weight excluding hydrogens is 278 g/mol. The Morgan fingerprint density at radius 1 is 1.05 bits per heavy atom. The van der Waals surface area contributed by atoms with E-state index >= 15 is 0 Å². The van der Waals surface area contributed by atoms with Gasteiger partial charge in [0.1, 0.15) is 0 Å². The van der Waals surface area contributed by atoms with Crippen molar-refractivity contribution < 1.29 is 9.59 Å². The Hall–Kier alpha value is -1.26. The van der Waals surface area contributed by atoms with Crippen LogP contribution in [-0.4, -0.2) is 53.5 Å². The number of rotatable bonds is 3. The summed E-state index contributed by atoms with van der Waals surface area (Å²) in [6.45, 7) is 4.47. The predicted molar refractivity (Wildman–Crippen MR) is 85.5 cm³/mol. The average molecular weight is 307 g/mol. The van der Waals surface area contributed by atoms with Crippen LogP contribution in [0, 0.1) is 5.92 Å². The molecule has 2 saturated heterocycles. The minimum atomic E-state index is 0.00542. The van der Waals surface area contributed by atoms with Crippen molar-refractivity contribution in [2.45, 2.75) is 70.4 Å². The number of hydrogen-bond acceptors (Lipinski definition) is 2. The van der Waals surface area contributed by atoms with E-state index in [-0.39, 0.29) is 17.9 Å². The number of carbonyl (C=O) groups is 2. The van der Waals surface area contributed by atoms with Gasteiger partial charge in [0.15, 0.2) is 0 Å². The monoisotopic (exact) mass is 307 g/mol. The van der Waals surface area contributed by atoms with E-state index in [0.717, 1.165) is 58.0 Å². The minimum absolute atomic E-state index is 0.00542.